The van der Waals surface area contributed by atoms with E-state index in [4.69, 9.17) is 0 Å². The van der Waals surface area contributed by atoms with Crippen LogP contribution < -0.4 is 5.32 Å². The Hall–Kier alpha value is -2.11. The van der Waals surface area contributed by atoms with Crippen molar-refractivity contribution in [3.63, 3.8) is 0 Å². The van der Waals surface area contributed by atoms with Crippen molar-refractivity contribution in [2.75, 3.05) is 31.5 Å². The number of piperidine rings is 1. The van der Waals surface area contributed by atoms with Crippen molar-refractivity contribution in [3.8, 4) is 0 Å². The molecule has 1 N–H and O–H groups in total. The molecule has 0 radical (unpaired) electrons. The Bertz CT molecular complexity index is 663. The maximum absolute atomic E-state index is 13.8. The number of hydrogen-bond donors (Lipinski definition) is 1. The number of carbonyl (C=O) groups is 2. The third-order valence-electron chi connectivity index (χ3n) is 5.47. The highest BCUT2D eigenvalue weighted by atomic mass is 19.1. The van der Waals surface area contributed by atoms with E-state index in [-0.39, 0.29) is 23.7 Å². The van der Waals surface area contributed by atoms with Crippen LogP contribution in [-0.2, 0) is 4.79 Å². The van der Waals surface area contributed by atoms with Gasteiger partial charge >= 0.3 is 6.03 Å². The topological polar surface area (TPSA) is 52.7 Å². The summed E-state index contributed by atoms with van der Waals surface area (Å²) in [5, 5.41) is 2.88. The van der Waals surface area contributed by atoms with Crippen molar-refractivity contribution >= 4 is 17.6 Å². The molecule has 3 rings (SSSR count). The fraction of sp³-hybridized carbons (Fsp3) is 0.600. The Labute approximate surface area is 154 Å². The minimum atomic E-state index is -0.193. The summed E-state index contributed by atoms with van der Waals surface area (Å²) in [5.41, 5.74) is 1.34. The fourth-order valence-electron chi connectivity index (χ4n) is 3.65. The molecule has 0 spiro atoms. The molecule has 1 aromatic carbocycles. The van der Waals surface area contributed by atoms with Gasteiger partial charge in [0, 0.05) is 37.8 Å². The van der Waals surface area contributed by atoms with Gasteiger partial charge in [-0.3, -0.25) is 4.79 Å². The highest BCUT2D eigenvalue weighted by molar-refractivity contribution is 5.89. The Balaban J connectivity index is 1.54. The van der Waals surface area contributed by atoms with E-state index in [1.807, 2.05) is 18.7 Å². The zero-order valence-corrected chi connectivity index (χ0v) is 15.6. The summed E-state index contributed by atoms with van der Waals surface area (Å²) < 4.78 is 13.8. The molecule has 0 aromatic heterocycles. The monoisotopic (exact) mass is 361 g/mol. The molecule has 0 unspecified atom stereocenters. The van der Waals surface area contributed by atoms with Gasteiger partial charge < -0.3 is 15.1 Å². The van der Waals surface area contributed by atoms with E-state index >= 15 is 0 Å². The third kappa shape index (κ3) is 4.17. The van der Waals surface area contributed by atoms with Crippen molar-refractivity contribution in [1.29, 1.82) is 0 Å². The van der Waals surface area contributed by atoms with E-state index in [9.17, 15) is 14.0 Å². The SMILES string of the molecule is CCN(CC)C(=O)C1CCN(C(=O)Nc2ccc(F)c(C3CC3)c2)CC1. The first-order chi connectivity index (χ1) is 12.5. The molecular formula is C20H28FN3O2. The van der Waals surface area contributed by atoms with E-state index in [1.54, 1.807) is 17.0 Å². The van der Waals surface area contributed by atoms with Crippen LogP contribution in [0.5, 0.6) is 0 Å². The molecule has 2 aliphatic rings. The highest BCUT2D eigenvalue weighted by Gasteiger charge is 2.30. The molecule has 1 heterocycles. The van der Waals surface area contributed by atoms with E-state index in [2.05, 4.69) is 5.32 Å². The Morgan fingerprint density at radius 3 is 2.38 bits per heavy atom. The molecule has 1 aromatic rings. The Morgan fingerprint density at radius 1 is 1.15 bits per heavy atom. The zero-order valence-electron chi connectivity index (χ0n) is 15.6. The van der Waals surface area contributed by atoms with Gasteiger partial charge in [0.15, 0.2) is 0 Å². The van der Waals surface area contributed by atoms with Crippen LogP contribution >= 0.6 is 0 Å². The number of rotatable bonds is 5. The largest absolute Gasteiger partial charge is 0.343 e. The summed E-state index contributed by atoms with van der Waals surface area (Å²) in [6.07, 6.45) is 3.42. The molecule has 1 saturated carbocycles. The van der Waals surface area contributed by atoms with Gasteiger partial charge in [0.05, 0.1) is 0 Å². The van der Waals surface area contributed by atoms with Crippen LogP contribution in [0.25, 0.3) is 0 Å². The van der Waals surface area contributed by atoms with Crippen LogP contribution in [0.3, 0.4) is 0 Å². The molecule has 1 aliphatic carbocycles. The van der Waals surface area contributed by atoms with E-state index < -0.39 is 0 Å². The van der Waals surface area contributed by atoms with Crippen LogP contribution in [0.15, 0.2) is 18.2 Å². The van der Waals surface area contributed by atoms with Gasteiger partial charge in [-0.15, -0.1) is 0 Å². The summed E-state index contributed by atoms with van der Waals surface area (Å²) in [4.78, 5) is 28.5. The number of urea groups is 1. The van der Waals surface area contributed by atoms with Crippen LogP contribution in [-0.4, -0.2) is 47.9 Å². The summed E-state index contributed by atoms with van der Waals surface area (Å²) in [5.74, 6) is 0.309. The van der Waals surface area contributed by atoms with Gasteiger partial charge in [-0.05, 0) is 69.2 Å². The fourth-order valence-corrected chi connectivity index (χ4v) is 3.65. The molecule has 1 aliphatic heterocycles. The molecule has 1 saturated heterocycles. The molecule has 6 heteroatoms. The molecule has 3 amide bonds. The first-order valence-electron chi connectivity index (χ1n) is 9.67. The predicted molar refractivity (Wildman–Crippen MR) is 99.6 cm³/mol. The number of hydrogen-bond acceptors (Lipinski definition) is 2. The maximum atomic E-state index is 13.8. The maximum Gasteiger partial charge on any atom is 0.321 e. The number of anilines is 1. The lowest BCUT2D eigenvalue weighted by molar-refractivity contribution is -0.136. The van der Waals surface area contributed by atoms with Crippen molar-refractivity contribution in [2.24, 2.45) is 5.92 Å². The lowest BCUT2D eigenvalue weighted by Crippen LogP contribution is -2.45. The average Bonchev–Trinajstić information content (AvgIpc) is 3.49. The number of halogens is 1. The molecule has 0 bridgehead atoms. The summed E-state index contributed by atoms with van der Waals surface area (Å²) in [6, 6.07) is 4.61. The zero-order chi connectivity index (χ0) is 18.7. The second kappa shape index (κ2) is 8.06. The van der Waals surface area contributed by atoms with Crippen LogP contribution in [0.4, 0.5) is 14.9 Å². The number of amides is 3. The molecular weight excluding hydrogens is 333 g/mol. The normalized spacial score (nSPS) is 17.9. The average molecular weight is 361 g/mol. The molecule has 2 fully saturated rings. The predicted octanol–water partition coefficient (Wildman–Crippen LogP) is 3.82. The Morgan fingerprint density at radius 2 is 1.81 bits per heavy atom. The van der Waals surface area contributed by atoms with Crippen molar-refractivity contribution < 1.29 is 14.0 Å². The summed E-state index contributed by atoms with van der Waals surface area (Å²) in [6.45, 7) is 6.57. The minimum Gasteiger partial charge on any atom is -0.343 e. The number of nitrogens with zero attached hydrogens (tertiary/aromatic N) is 2. The number of carbonyl (C=O) groups excluding carboxylic acids is 2. The molecule has 26 heavy (non-hydrogen) atoms. The van der Waals surface area contributed by atoms with Crippen molar-refractivity contribution in [2.45, 2.75) is 45.4 Å². The van der Waals surface area contributed by atoms with Gasteiger partial charge in [0.25, 0.3) is 0 Å². The van der Waals surface area contributed by atoms with Crippen LogP contribution in [0.2, 0.25) is 0 Å². The number of benzene rings is 1. The first kappa shape index (κ1) is 18.7. The van der Waals surface area contributed by atoms with Gasteiger partial charge in [-0.25, -0.2) is 9.18 Å². The van der Waals surface area contributed by atoms with Gasteiger partial charge in [0.1, 0.15) is 5.82 Å². The highest BCUT2D eigenvalue weighted by Crippen LogP contribution is 2.42. The molecule has 5 nitrogen and oxygen atoms in total. The van der Waals surface area contributed by atoms with Crippen LogP contribution in [0, 0.1) is 11.7 Å². The Kier molecular flexibility index (Phi) is 5.79. The van der Waals surface area contributed by atoms with Gasteiger partial charge in [-0.2, -0.15) is 0 Å². The van der Waals surface area contributed by atoms with E-state index in [0.717, 1.165) is 25.9 Å². The number of nitrogens with one attached hydrogen (secondary N) is 1. The van der Waals surface area contributed by atoms with Crippen LogP contribution in [0.1, 0.15) is 51.0 Å². The standard InChI is InChI=1S/C20H28FN3O2/c1-3-23(4-2)19(25)15-9-11-24(12-10-15)20(26)22-16-7-8-18(21)17(13-16)14-5-6-14/h7-8,13-15H,3-6,9-12H2,1-2H3,(H,22,26). The smallest absolute Gasteiger partial charge is 0.321 e. The first-order valence-corrected chi connectivity index (χ1v) is 9.67. The van der Waals surface area contributed by atoms with Gasteiger partial charge in [0.2, 0.25) is 5.91 Å². The van der Waals surface area contributed by atoms with E-state index in [1.165, 1.54) is 6.07 Å². The molecule has 0 atom stereocenters. The lowest BCUT2D eigenvalue weighted by Gasteiger charge is -2.33. The van der Waals surface area contributed by atoms with Gasteiger partial charge in [-0.1, -0.05) is 0 Å². The quantitative estimate of drug-likeness (QED) is 0.867. The van der Waals surface area contributed by atoms with Crippen molar-refractivity contribution in [3.05, 3.63) is 29.6 Å². The lowest BCUT2D eigenvalue weighted by atomic mass is 9.95. The number of likely N-dealkylation sites (tertiary alicyclic amines) is 1. The van der Waals surface area contributed by atoms with Crippen molar-refractivity contribution in [1.82, 2.24) is 9.80 Å². The third-order valence-corrected chi connectivity index (χ3v) is 5.47. The molecule has 142 valence electrons. The minimum absolute atomic E-state index is 0.00578. The second-order valence-corrected chi connectivity index (χ2v) is 7.21. The van der Waals surface area contributed by atoms with E-state index in [0.29, 0.717) is 43.1 Å². The summed E-state index contributed by atoms with van der Waals surface area (Å²) in [7, 11) is 0. The summed E-state index contributed by atoms with van der Waals surface area (Å²) >= 11 is 0. The second-order valence-electron chi connectivity index (χ2n) is 7.21.